The summed E-state index contributed by atoms with van der Waals surface area (Å²) < 4.78 is 62.1. The Hall–Kier alpha value is -5.91. The molecule has 0 radical (unpaired) electrons. The lowest BCUT2D eigenvalue weighted by molar-refractivity contribution is 0.262. The summed E-state index contributed by atoms with van der Waals surface area (Å²) in [5.74, 6) is -0.405. The highest BCUT2D eigenvalue weighted by molar-refractivity contribution is 7.86. The first kappa shape index (κ1) is 39.8. The van der Waals surface area contributed by atoms with Crippen LogP contribution in [0.4, 0.5) is 16.2 Å². The van der Waals surface area contributed by atoms with Gasteiger partial charge in [-0.1, -0.05) is 137 Å². The monoisotopic (exact) mass is 788 g/mol. The molecule has 6 rings (SSSR count). The summed E-state index contributed by atoms with van der Waals surface area (Å²) >= 11 is 0. The van der Waals surface area contributed by atoms with Gasteiger partial charge in [-0.25, -0.2) is 4.79 Å². The van der Waals surface area contributed by atoms with Crippen LogP contribution in [0.5, 0.6) is 11.5 Å². The maximum Gasteiger partial charge on any atom is 0.323 e. The number of nitrogens with one attached hydrogen (secondary N) is 2. The average Bonchev–Trinajstić information content (AvgIpc) is 3.17. The first-order chi connectivity index (χ1) is 26.6. The molecule has 0 heterocycles. The van der Waals surface area contributed by atoms with Gasteiger partial charge >= 0.3 is 26.3 Å². The standard InChI is InChI=1S/C45H44N2O7S2/c1-44(2,35-11-7-5-8-12-35)37-19-15-33(16-20-37)31-55(49,50)53-41-27-23-39(24-28-41)46-43(48)47-40-25-29-42(30-26-40)54-56(51,52)32-34-17-21-38(22-18-34)45(3,4)36-13-9-6-10-14-36/h5-30H,31-32H2,1-4H3,(H2,46,47,48). The average molecular weight is 789 g/mol. The molecule has 0 saturated carbocycles. The van der Waals surface area contributed by atoms with E-state index >= 15 is 0 Å². The minimum atomic E-state index is -3.96. The molecule has 0 aliphatic rings. The van der Waals surface area contributed by atoms with E-state index in [4.69, 9.17) is 8.37 Å². The highest BCUT2D eigenvalue weighted by atomic mass is 32.2. The summed E-state index contributed by atoms with van der Waals surface area (Å²) in [6.07, 6.45) is 0. The second-order valence-corrected chi connectivity index (χ2v) is 17.7. The van der Waals surface area contributed by atoms with E-state index in [1.165, 1.54) is 48.5 Å². The fourth-order valence-electron chi connectivity index (χ4n) is 6.32. The molecule has 0 spiro atoms. The fraction of sp³-hybridized carbons (Fsp3) is 0.178. The predicted molar refractivity (Wildman–Crippen MR) is 222 cm³/mol. The molecule has 0 unspecified atom stereocenters. The third-order valence-electron chi connectivity index (χ3n) is 9.70. The number of carbonyl (C=O) groups is 1. The molecule has 11 heteroatoms. The molecule has 6 aromatic rings. The summed E-state index contributed by atoms with van der Waals surface area (Å²) in [7, 11) is -7.92. The van der Waals surface area contributed by atoms with Gasteiger partial charge in [0, 0.05) is 22.2 Å². The quantitative estimate of drug-likeness (QED) is 0.105. The molecule has 2 N–H and O–H groups in total. The molecular formula is C45H44N2O7S2. The molecule has 0 saturated heterocycles. The molecule has 56 heavy (non-hydrogen) atoms. The smallest absolute Gasteiger partial charge is 0.323 e. The van der Waals surface area contributed by atoms with Crippen LogP contribution in [-0.2, 0) is 42.6 Å². The van der Waals surface area contributed by atoms with E-state index in [-0.39, 0.29) is 33.8 Å². The van der Waals surface area contributed by atoms with E-state index in [2.05, 4.69) is 62.6 Å². The molecular weight excluding hydrogens is 745 g/mol. The van der Waals surface area contributed by atoms with Gasteiger partial charge in [0.1, 0.15) is 23.0 Å². The number of amides is 2. The lowest BCUT2D eigenvalue weighted by Gasteiger charge is -2.26. The number of urea groups is 1. The molecule has 0 aromatic heterocycles. The van der Waals surface area contributed by atoms with Gasteiger partial charge < -0.3 is 19.0 Å². The fourth-order valence-corrected chi connectivity index (χ4v) is 8.45. The third-order valence-corrected chi connectivity index (χ3v) is 12.0. The number of anilines is 2. The van der Waals surface area contributed by atoms with Crippen molar-refractivity contribution in [1.29, 1.82) is 0 Å². The molecule has 2 amide bonds. The Morgan fingerprint density at radius 2 is 0.750 bits per heavy atom. The first-order valence-electron chi connectivity index (χ1n) is 18.0. The van der Waals surface area contributed by atoms with Crippen molar-refractivity contribution < 1.29 is 30.0 Å². The zero-order valence-electron chi connectivity index (χ0n) is 31.6. The minimum absolute atomic E-state index is 0.104. The van der Waals surface area contributed by atoms with Crippen LogP contribution in [0.1, 0.15) is 61.1 Å². The molecule has 6 aromatic carbocycles. The summed E-state index contributed by atoms with van der Waals surface area (Å²) in [5.41, 5.74) is 5.93. The van der Waals surface area contributed by atoms with Gasteiger partial charge in [-0.2, -0.15) is 16.8 Å². The normalized spacial score (nSPS) is 12.1. The zero-order valence-corrected chi connectivity index (χ0v) is 33.2. The summed E-state index contributed by atoms with van der Waals surface area (Å²) in [6.45, 7) is 8.50. The topological polar surface area (TPSA) is 128 Å². The van der Waals surface area contributed by atoms with E-state index < -0.39 is 26.3 Å². The summed E-state index contributed by atoms with van der Waals surface area (Å²) in [4.78, 5) is 12.7. The van der Waals surface area contributed by atoms with E-state index in [9.17, 15) is 21.6 Å². The van der Waals surface area contributed by atoms with Crippen molar-refractivity contribution >= 4 is 37.6 Å². The Balaban J connectivity index is 0.969. The zero-order chi connectivity index (χ0) is 40.0. The molecule has 0 bridgehead atoms. The van der Waals surface area contributed by atoms with Gasteiger partial charge in [-0.05, 0) is 81.9 Å². The van der Waals surface area contributed by atoms with Gasteiger partial charge in [0.2, 0.25) is 0 Å². The highest BCUT2D eigenvalue weighted by Gasteiger charge is 2.25. The van der Waals surface area contributed by atoms with Gasteiger partial charge in [-0.3, -0.25) is 0 Å². The number of hydrogen-bond acceptors (Lipinski definition) is 7. The second-order valence-electron chi connectivity index (χ2n) is 14.6. The molecule has 0 aliphatic carbocycles. The van der Waals surface area contributed by atoms with Gasteiger partial charge in [0.25, 0.3) is 0 Å². The molecule has 0 atom stereocenters. The number of carbonyl (C=O) groups excluding carboxylic acids is 1. The van der Waals surface area contributed by atoms with Crippen LogP contribution in [0, 0.1) is 0 Å². The van der Waals surface area contributed by atoms with Crippen LogP contribution in [0.25, 0.3) is 0 Å². The second kappa shape index (κ2) is 16.4. The number of hydrogen-bond donors (Lipinski definition) is 2. The predicted octanol–water partition coefficient (Wildman–Crippen LogP) is 9.80. The first-order valence-corrected chi connectivity index (χ1v) is 21.2. The van der Waals surface area contributed by atoms with Crippen LogP contribution < -0.4 is 19.0 Å². The van der Waals surface area contributed by atoms with Crippen LogP contribution >= 0.6 is 0 Å². The van der Waals surface area contributed by atoms with E-state index in [1.54, 1.807) is 24.3 Å². The molecule has 9 nitrogen and oxygen atoms in total. The Bertz CT molecular complexity index is 2290. The maximum atomic E-state index is 12.9. The molecule has 288 valence electrons. The van der Waals surface area contributed by atoms with Crippen molar-refractivity contribution in [3.63, 3.8) is 0 Å². The Morgan fingerprint density at radius 3 is 1.07 bits per heavy atom. The Morgan fingerprint density at radius 1 is 0.446 bits per heavy atom. The van der Waals surface area contributed by atoms with Crippen molar-refractivity contribution in [2.45, 2.75) is 50.0 Å². The van der Waals surface area contributed by atoms with Crippen LogP contribution in [0.2, 0.25) is 0 Å². The van der Waals surface area contributed by atoms with Gasteiger partial charge in [-0.15, -0.1) is 0 Å². The highest BCUT2D eigenvalue weighted by Crippen LogP contribution is 2.33. The lowest BCUT2D eigenvalue weighted by atomic mass is 9.78. The third kappa shape index (κ3) is 10.2. The van der Waals surface area contributed by atoms with Crippen molar-refractivity contribution in [2.24, 2.45) is 0 Å². The Kier molecular flexibility index (Phi) is 11.7. The van der Waals surface area contributed by atoms with Crippen LogP contribution in [0.15, 0.2) is 158 Å². The maximum absolute atomic E-state index is 12.9. The SMILES string of the molecule is CC(C)(c1ccccc1)c1ccc(CS(=O)(=O)Oc2ccc(NC(=O)Nc3ccc(OS(=O)(=O)Cc4ccc(C(C)(C)c5ccccc5)cc4)cc3)cc2)cc1. The van der Waals surface area contributed by atoms with Crippen molar-refractivity contribution in [3.8, 4) is 11.5 Å². The lowest BCUT2D eigenvalue weighted by Crippen LogP contribution is -2.19. The largest absolute Gasteiger partial charge is 0.382 e. The molecule has 0 aliphatic heterocycles. The minimum Gasteiger partial charge on any atom is -0.382 e. The van der Waals surface area contributed by atoms with Crippen LogP contribution in [0.3, 0.4) is 0 Å². The Labute approximate surface area is 329 Å². The number of benzene rings is 6. The summed E-state index contributed by atoms with van der Waals surface area (Å²) in [6, 6.07) is 46.5. The van der Waals surface area contributed by atoms with Crippen LogP contribution in [-0.4, -0.2) is 22.9 Å². The van der Waals surface area contributed by atoms with Crippen molar-refractivity contribution in [3.05, 3.63) is 191 Å². The van der Waals surface area contributed by atoms with Crippen molar-refractivity contribution in [1.82, 2.24) is 0 Å². The summed E-state index contributed by atoms with van der Waals surface area (Å²) in [5, 5.41) is 5.34. The van der Waals surface area contributed by atoms with E-state index in [1.807, 2.05) is 60.7 Å². The molecule has 0 fully saturated rings. The van der Waals surface area contributed by atoms with Gasteiger partial charge in [0.15, 0.2) is 0 Å². The van der Waals surface area contributed by atoms with E-state index in [0.717, 1.165) is 22.3 Å². The van der Waals surface area contributed by atoms with Crippen molar-refractivity contribution in [2.75, 3.05) is 10.6 Å². The van der Waals surface area contributed by atoms with E-state index in [0.29, 0.717) is 22.5 Å². The number of rotatable bonds is 14. The van der Waals surface area contributed by atoms with Gasteiger partial charge in [0.05, 0.1) is 0 Å².